The van der Waals surface area contributed by atoms with Gasteiger partial charge in [-0.05, 0) is 73.0 Å². The summed E-state index contributed by atoms with van der Waals surface area (Å²) >= 11 is 0. The molecule has 3 aromatic rings. The molecule has 0 spiro atoms. The summed E-state index contributed by atoms with van der Waals surface area (Å²) in [5.41, 5.74) is 11.3. The number of nitrogens with two attached hydrogens (primary N) is 1. The lowest BCUT2D eigenvalue weighted by Crippen LogP contribution is -2.46. The van der Waals surface area contributed by atoms with Gasteiger partial charge >= 0.3 is 5.97 Å². The zero-order chi connectivity index (χ0) is 26.3. The lowest BCUT2D eigenvalue weighted by Gasteiger charge is -2.19. The van der Waals surface area contributed by atoms with Gasteiger partial charge in [0.2, 0.25) is 0 Å². The Morgan fingerprint density at radius 3 is 1.95 bits per heavy atom. The number of carbonyl (C=O) groups is 1. The molecule has 0 amide bonds. The SMILES string of the molecule is CC(N)(Cc1ccc(O)c(O)c1)C(=O)O.CN(C)CCC=C1c2ccccc2C=Cc2ccccc21.Cl. The first-order valence-corrected chi connectivity index (χ1v) is 11.8. The molecule has 0 aliphatic heterocycles. The highest BCUT2D eigenvalue weighted by atomic mass is 35.5. The first-order chi connectivity index (χ1) is 17.1. The van der Waals surface area contributed by atoms with Crippen LogP contribution >= 0.6 is 12.4 Å². The summed E-state index contributed by atoms with van der Waals surface area (Å²) in [6.07, 6.45) is 7.97. The minimum Gasteiger partial charge on any atom is -0.504 e. The fourth-order valence-electron chi connectivity index (χ4n) is 3.97. The first kappa shape index (κ1) is 29.6. The van der Waals surface area contributed by atoms with E-state index in [-0.39, 0.29) is 30.3 Å². The van der Waals surface area contributed by atoms with Crippen LogP contribution in [0.3, 0.4) is 0 Å². The second-order valence-corrected chi connectivity index (χ2v) is 9.44. The number of carboxylic acid groups (broad SMARTS) is 1. The van der Waals surface area contributed by atoms with E-state index in [0.717, 1.165) is 13.0 Å². The molecule has 0 radical (unpaired) electrons. The predicted octanol–water partition coefficient (Wildman–Crippen LogP) is 5.42. The number of carboxylic acids is 1. The van der Waals surface area contributed by atoms with Gasteiger partial charge in [0, 0.05) is 13.0 Å². The van der Waals surface area contributed by atoms with Crippen LogP contribution in [0.1, 0.15) is 41.2 Å². The molecule has 1 atom stereocenters. The molecule has 3 aromatic carbocycles. The molecule has 4 rings (SSSR count). The molecule has 1 aliphatic carbocycles. The molecule has 0 saturated carbocycles. The second-order valence-electron chi connectivity index (χ2n) is 9.44. The molecular formula is C30H35ClN2O4. The van der Waals surface area contributed by atoms with Gasteiger partial charge in [0.25, 0.3) is 0 Å². The van der Waals surface area contributed by atoms with Crippen molar-refractivity contribution < 1.29 is 20.1 Å². The Balaban J connectivity index is 0.000000268. The lowest BCUT2D eigenvalue weighted by molar-refractivity contribution is -0.142. The maximum atomic E-state index is 10.7. The lowest BCUT2D eigenvalue weighted by atomic mass is 9.93. The molecule has 1 unspecified atom stereocenters. The summed E-state index contributed by atoms with van der Waals surface area (Å²) in [5.74, 6) is -1.64. The summed E-state index contributed by atoms with van der Waals surface area (Å²) < 4.78 is 0. The Bertz CT molecular complexity index is 1230. The van der Waals surface area contributed by atoms with Gasteiger partial charge in [-0.3, -0.25) is 4.79 Å². The van der Waals surface area contributed by atoms with Crippen molar-refractivity contribution in [2.75, 3.05) is 20.6 Å². The largest absolute Gasteiger partial charge is 0.504 e. The van der Waals surface area contributed by atoms with E-state index in [1.165, 1.54) is 52.9 Å². The van der Waals surface area contributed by atoms with E-state index in [2.05, 4.69) is 85.8 Å². The number of hydrogen-bond donors (Lipinski definition) is 4. The number of benzene rings is 3. The molecular weight excluding hydrogens is 488 g/mol. The number of rotatable bonds is 6. The van der Waals surface area contributed by atoms with Gasteiger partial charge in [-0.2, -0.15) is 0 Å². The fraction of sp³-hybridized carbons (Fsp3) is 0.233. The fourth-order valence-corrected chi connectivity index (χ4v) is 3.97. The van der Waals surface area contributed by atoms with Crippen LogP contribution in [0.15, 0.2) is 72.8 Å². The van der Waals surface area contributed by atoms with Crippen molar-refractivity contribution in [2.45, 2.75) is 25.3 Å². The second kappa shape index (κ2) is 13.1. The summed E-state index contributed by atoms with van der Waals surface area (Å²) in [5, 5.41) is 27.0. The van der Waals surface area contributed by atoms with Crippen molar-refractivity contribution in [3.8, 4) is 11.5 Å². The van der Waals surface area contributed by atoms with Crippen molar-refractivity contribution in [1.82, 2.24) is 4.90 Å². The van der Waals surface area contributed by atoms with Gasteiger partial charge in [0.15, 0.2) is 11.5 Å². The van der Waals surface area contributed by atoms with Crippen LogP contribution in [0.4, 0.5) is 0 Å². The summed E-state index contributed by atoms with van der Waals surface area (Å²) in [6.45, 7) is 2.46. The Kier molecular flexibility index (Phi) is 10.5. The number of hydrogen-bond acceptors (Lipinski definition) is 5. The van der Waals surface area contributed by atoms with Crippen molar-refractivity contribution in [3.05, 3.63) is 101 Å². The summed E-state index contributed by atoms with van der Waals surface area (Å²) in [6, 6.07) is 21.4. The zero-order valence-electron chi connectivity index (χ0n) is 21.4. The molecule has 0 saturated heterocycles. The average Bonchev–Trinajstić information content (AvgIpc) is 2.99. The average molecular weight is 523 g/mol. The minimum absolute atomic E-state index is 0. The normalized spacial score (nSPS) is 13.2. The number of phenols is 2. The third-order valence-corrected chi connectivity index (χ3v) is 5.97. The molecule has 0 fully saturated rings. The van der Waals surface area contributed by atoms with Gasteiger partial charge < -0.3 is 26.0 Å². The third kappa shape index (κ3) is 7.95. The summed E-state index contributed by atoms with van der Waals surface area (Å²) in [4.78, 5) is 13.0. The molecule has 7 heteroatoms. The number of aliphatic carboxylic acids is 1. The van der Waals surface area contributed by atoms with E-state index in [0.29, 0.717) is 5.56 Å². The molecule has 6 nitrogen and oxygen atoms in total. The highest BCUT2D eigenvalue weighted by molar-refractivity contribution is 5.93. The van der Waals surface area contributed by atoms with Gasteiger partial charge in [-0.15, -0.1) is 12.4 Å². The third-order valence-electron chi connectivity index (χ3n) is 5.97. The van der Waals surface area contributed by atoms with E-state index in [4.69, 9.17) is 15.9 Å². The topological polar surface area (TPSA) is 107 Å². The van der Waals surface area contributed by atoms with E-state index < -0.39 is 11.5 Å². The highest BCUT2D eigenvalue weighted by Crippen LogP contribution is 2.33. The van der Waals surface area contributed by atoms with Crippen molar-refractivity contribution in [1.29, 1.82) is 0 Å². The molecule has 0 heterocycles. The first-order valence-electron chi connectivity index (χ1n) is 11.8. The van der Waals surface area contributed by atoms with Crippen LogP contribution in [0, 0.1) is 0 Å². The van der Waals surface area contributed by atoms with Crippen LogP contribution in [0.2, 0.25) is 0 Å². The number of nitrogens with zero attached hydrogens (tertiary/aromatic N) is 1. The van der Waals surface area contributed by atoms with Crippen molar-refractivity contribution in [3.63, 3.8) is 0 Å². The molecule has 196 valence electrons. The van der Waals surface area contributed by atoms with Crippen molar-refractivity contribution >= 4 is 36.1 Å². The number of phenolic OH excluding ortho intramolecular Hbond substituents is 2. The van der Waals surface area contributed by atoms with E-state index >= 15 is 0 Å². The Labute approximate surface area is 224 Å². The summed E-state index contributed by atoms with van der Waals surface area (Å²) in [7, 11) is 4.24. The Hall–Kier alpha value is -3.58. The number of aromatic hydroxyl groups is 2. The predicted molar refractivity (Wildman–Crippen MR) is 153 cm³/mol. The van der Waals surface area contributed by atoms with Crippen LogP contribution in [0.5, 0.6) is 11.5 Å². The van der Waals surface area contributed by atoms with Crippen LogP contribution in [-0.4, -0.2) is 52.4 Å². The molecule has 1 aliphatic rings. The monoisotopic (exact) mass is 522 g/mol. The molecule has 37 heavy (non-hydrogen) atoms. The van der Waals surface area contributed by atoms with Crippen LogP contribution in [-0.2, 0) is 11.2 Å². The van der Waals surface area contributed by atoms with Gasteiger partial charge in [-0.1, -0.05) is 72.8 Å². The Morgan fingerprint density at radius 2 is 1.46 bits per heavy atom. The molecule has 0 aromatic heterocycles. The van der Waals surface area contributed by atoms with E-state index in [9.17, 15) is 9.90 Å². The quantitative estimate of drug-likeness (QED) is 0.252. The van der Waals surface area contributed by atoms with Crippen LogP contribution < -0.4 is 5.73 Å². The van der Waals surface area contributed by atoms with Gasteiger partial charge in [0.1, 0.15) is 5.54 Å². The van der Waals surface area contributed by atoms with Crippen LogP contribution in [0.25, 0.3) is 17.7 Å². The number of halogens is 1. The van der Waals surface area contributed by atoms with Gasteiger partial charge in [0.05, 0.1) is 0 Å². The minimum atomic E-state index is -1.39. The van der Waals surface area contributed by atoms with Crippen molar-refractivity contribution in [2.24, 2.45) is 5.73 Å². The highest BCUT2D eigenvalue weighted by Gasteiger charge is 2.28. The molecule has 0 bridgehead atoms. The maximum absolute atomic E-state index is 10.7. The zero-order valence-corrected chi connectivity index (χ0v) is 22.2. The molecule has 5 N–H and O–H groups in total. The standard InChI is InChI=1S/C20H21N.C10H13NO4.ClH/c1-21(2)15-7-12-20-18-10-5-3-8-16(18)13-14-17-9-4-6-11-19(17)20;1-10(11,9(14)15)5-6-2-3-7(12)8(13)4-6;/h3-6,8-14H,7,15H2,1-2H3;2-4,12-13H,5,11H2,1H3,(H,14,15);1H. The maximum Gasteiger partial charge on any atom is 0.323 e. The van der Waals surface area contributed by atoms with E-state index in [1.54, 1.807) is 0 Å². The van der Waals surface area contributed by atoms with E-state index in [1.807, 2.05) is 0 Å². The van der Waals surface area contributed by atoms with Gasteiger partial charge in [-0.25, -0.2) is 0 Å². The number of fused-ring (bicyclic) bond motifs is 2. The Morgan fingerprint density at radius 1 is 0.919 bits per heavy atom. The smallest absolute Gasteiger partial charge is 0.323 e.